The molecular formula is C14H15Cl2N3. The maximum absolute atomic E-state index is 6.12. The highest BCUT2D eigenvalue weighted by Crippen LogP contribution is 2.25. The molecule has 3 N–H and O–H groups in total. The SMILES string of the molecule is Cc1cc(C(Cc2ccncc2Cl)NN)ccc1Cl. The standard InChI is InChI=1S/C14H15Cl2N3/c1-9-6-11(2-3-12(9)15)14(19-17)7-10-4-5-18-8-13(10)16/h2-6,8,14,19H,7,17H2,1H3. The summed E-state index contributed by atoms with van der Waals surface area (Å²) in [6, 6.07) is 7.76. The molecule has 19 heavy (non-hydrogen) atoms. The summed E-state index contributed by atoms with van der Waals surface area (Å²) in [5, 5.41) is 1.40. The number of benzene rings is 1. The second-order valence-corrected chi connectivity index (χ2v) is 5.21. The first kappa shape index (κ1) is 14.3. The van der Waals surface area contributed by atoms with Gasteiger partial charge in [0, 0.05) is 17.4 Å². The first-order chi connectivity index (χ1) is 9.11. The van der Waals surface area contributed by atoms with E-state index in [0.29, 0.717) is 11.4 Å². The van der Waals surface area contributed by atoms with Crippen molar-refractivity contribution in [2.45, 2.75) is 19.4 Å². The van der Waals surface area contributed by atoms with Crippen LogP contribution in [-0.2, 0) is 6.42 Å². The van der Waals surface area contributed by atoms with Gasteiger partial charge in [0.05, 0.1) is 11.1 Å². The van der Waals surface area contributed by atoms with E-state index in [1.54, 1.807) is 12.4 Å². The number of halogens is 2. The number of nitrogens with one attached hydrogen (secondary N) is 1. The molecule has 100 valence electrons. The molecule has 1 aromatic carbocycles. The van der Waals surface area contributed by atoms with Crippen LogP contribution in [0, 0.1) is 6.92 Å². The second kappa shape index (κ2) is 6.35. The van der Waals surface area contributed by atoms with E-state index in [1.807, 2.05) is 31.2 Å². The summed E-state index contributed by atoms with van der Waals surface area (Å²) in [6.07, 6.45) is 4.05. The Morgan fingerprint density at radius 3 is 2.68 bits per heavy atom. The fourth-order valence-electron chi connectivity index (χ4n) is 1.95. The van der Waals surface area contributed by atoms with Gasteiger partial charge in [-0.05, 0) is 42.2 Å². The molecule has 1 atom stereocenters. The zero-order chi connectivity index (χ0) is 13.8. The van der Waals surface area contributed by atoms with Crippen molar-refractivity contribution in [1.29, 1.82) is 0 Å². The fourth-order valence-corrected chi connectivity index (χ4v) is 2.26. The van der Waals surface area contributed by atoms with Gasteiger partial charge in [-0.1, -0.05) is 35.3 Å². The van der Waals surface area contributed by atoms with Gasteiger partial charge >= 0.3 is 0 Å². The lowest BCUT2D eigenvalue weighted by atomic mass is 9.98. The summed E-state index contributed by atoms with van der Waals surface area (Å²) in [5.41, 5.74) is 5.93. The fraction of sp³-hybridized carbons (Fsp3) is 0.214. The third-order valence-electron chi connectivity index (χ3n) is 3.07. The van der Waals surface area contributed by atoms with E-state index in [9.17, 15) is 0 Å². The summed E-state index contributed by atoms with van der Waals surface area (Å²) < 4.78 is 0. The highest BCUT2D eigenvalue weighted by Gasteiger charge is 2.13. The number of aromatic nitrogens is 1. The molecule has 2 aromatic rings. The number of hydrogen-bond acceptors (Lipinski definition) is 3. The van der Waals surface area contributed by atoms with Gasteiger partial charge in [-0.25, -0.2) is 0 Å². The van der Waals surface area contributed by atoms with Crippen LogP contribution >= 0.6 is 23.2 Å². The van der Waals surface area contributed by atoms with E-state index in [2.05, 4.69) is 10.4 Å². The Morgan fingerprint density at radius 2 is 2.05 bits per heavy atom. The molecule has 0 spiro atoms. The molecule has 0 bridgehead atoms. The lowest BCUT2D eigenvalue weighted by Gasteiger charge is -2.18. The van der Waals surface area contributed by atoms with E-state index >= 15 is 0 Å². The van der Waals surface area contributed by atoms with Crippen molar-refractivity contribution in [2.75, 3.05) is 0 Å². The summed E-state index contributed by atoms with van der Waals surface area (Å²) in [6.45, 7) is 1.97. The average Bonchev–Trinajstić information content (AvgIpc) is 2.41. The number of pyridine rings is 1. The van der Waals surface area contributed by atoms with E-state index in [-0.39, 0.29) is 6.04 Å². The summed E-state index contributed by atoms with van der Waals surface area (Å²) in [5.74, 6) is 5.65. The van der Waals surface area contributed by atoms with Gasteiger partial charge in [0.2, 0.25) is 0 Å². The Labute approximate surface area is 122 Å². The Morgan fingerprint density at radius 1 is 1.26 bits per heavy atom. The molecule has 0 aliphatic heterocycles. The van der Waals surface area contributed by atoms with Gasteiger partial charge in [-0.15, -0.1) is 0 Å². The van der Waals surface area contributed by atoms with Crippen molar-refractivity contribution in [2.24, 2.45) is 5.84 Å². The third kappa shape index (κ3) is 3.45. The van der Waals surface area contributed by atoms with E-state index in [4.69, 9.17) is 29.0 Å². The molecule has 0 saturated carbocycles. The quantitative estimate of drug-likeness (QED) is 0.671. The van der Waals surface area contributed by atoms with Crippen LogP contribution in [0.15, 0.2) is 36.7 Å². The van der Waals surface area contributed by atoms with E-state index in [1.165, 1.54) is 0 Å². The molecule has 0 radical (unpaired) electrons. The molecule has 1 heterocycles. The zero-order valence-electron chi connectivity index (χ0n) is 10.5. The summed E-state index contributed by atoms with van der Waals surface area (Å²) >= 11 is 12.1. The van der Waals surface area contributed by atoms with Gasteiger partial charge in [0.1, 0.15) is 0 Å². The Kier molecular flexibility index (Phi) is 4.77. The number of nitrogens with zero attached hydrogens (tertiary/aromatic N) is 1. The zero-order valence-corrected chi connectivity index (χ0v) is 12.0. The Bertz CT molecular complexity index is 572. The number of aryl methyl sites for hydroxylation is 1. The highest BCUT2D eigenvalue weighted by molar-refractivity contribution is 6.31. The van der Waals surface area contributed by atoms with Crippen molar-refractivity contribution < 1.29 is 0 Å². The van der Waals surface area contributed by atoms with Crippen LogP contribution in [0.25, 0.3) is 0 Å². The largest absolute Gasteiger partial charge is 0.271 e. The molecule has 0 aliphatic rings. The smallest absolute Gasteiger partial charge is 0.0622 e. The molecule has 3 nitrogen and oxygen atoms in total. The van der Waals surface area contributed by atoms with Gasteiger partial charge < -0.3 is 0 Å². The summed E-state index contributed by atoms with van der Waals surface area (Å²) in [7, 11) is 0. The van der Waals surface area contributed by atoms with Crippen molar-refractivity contribution in [3.8, 4) is 0 Å². The van der Waals surface area contributed by atoms with Crippen LogP contribution in [0.4, 0.5) is 0 Å². The molecule has 5 heteroatoms. The molecule has 0 aliphatic carbocycles. The lowest BCUT2D eigenvalue weighted by Crippen LogP contribution is -2.29. The topological polar surface area (TPSA) is 50.9 Å². The predicted molar refractivity (Wildman–Crippen MR) is 79.2 cm³/mol. The maximum atomic E-state index is 6.12. The Balaban J connectivity index is 2.25. The molecule has 2 rings (SSSR count). The van der Waals surface area contributed by atoms with Gasteiger partial charge in [-0.3, -0.25) is 16.3 Å². The number of rotatable bonds is 4. The molecule has 0 amide bonds. The predicted octanol–water partition coefficient (Wildman–Crippen LogP) is 3.44. The van der Waals surface area contributed by atoms with Crippen LogP contribution in [0.5, 0.6) is 0 Å². The third-order valence-corrected chi connectivity index (χ3v) is 3.83. The van der Waals surface area contributed by atoms with Crippen molar-refractivity contribution >= 4 is 23.2 Å². The lowest BCUT2D eigenvalue weighted by molar-refractivity contribution is 0.551. The number of nitrogens with two attached hydrogens (primary N) is 1. The highest BCUT2D eigenvalue weighted by atomic mass is 35.5. The van der Waals surface area contributed by atoms with Crippen molar-refractivity contribution in [3.63, 3.8) is 0 Å². The second-order valence-electron chi connectivity index (χ2n) is 4.40. The number of hydrazine groups is 1. The van der Waals surface area contributed by atoms with E-state index in [0.717, 1.165) is 21.7 Å². The molecule has 0 saturated heterocycles. The van der Waals surface area contributed by atoms with Crippen molar-refractivity contribution in [3.05, 3.63) is 63.4 Å². The molecule has 1 aromatic heterocycles. The minimum Gasteiger partial charge on any atom is -0.271 e. The number of hydrogen-bond donors (Lipinski definition) is 2. The van der Waals surface area contributed by atoms with Gasteiger partial charge in [-0.2, -0.15) is 0 Å². The van der Waals surface area contributed by atoms with Crippen LogP contribution in [0.2, 0.25) is 10.0 Å². The first-order valence-corrected chi connectivity index (χ1v) is 6.68. The van der Waals surface area contributed by atoms with Crippen molar-refractivity contribution in [1.82, 2.24) is 10.4 Å². The summed E-state index contributed by atoms with van der Waals surface area (Å²) in [4.78, 5) is 3.98. The molecule has 0 fully saturated rings. The monoisotopic (exact) mass is 295 g/mol. The normalized spacial score (nSPS) is 12.4. The Hall–Kier alpha value is -1.13. The minimum atomic E-state index is -0.0177. The van der Waals surface area contributed by atoms with Crippen LogP contribution in [0.1, 0.15) is 22.7 Å². The maximum Gasteiger partial charge on any atom is 0.0622 e. The van der Waals surface area contributed by atoms with Crippen LogP contribution in [-0.4, -0.2) is 4.98 Å². The average molecular weight is 296 g/mol. The van der Waals surface area contributed by atoms with Crippen LogP contribution in [0.3, 0.4) is 0 Å². The molecular weight excluding hydrogens is 281 g/mol. The molecule has 1 unspecified atom stereocenters. The van der Waals surface area contributed by atoms with Gasteiger partial charge in [0.15, 0.2) is 0 Å². The van der Waals surface area contributed by atoms with Gasteiger partial charge in [0.25, 0.3) is 0 Å². The minimum absolute atomic E-state index is 0.0177. The van der Waals surface area contributed by atoms with E-state index < -0.39 is 0 Å². The van der Waals surface area contributed by atoms with Crippen LogP contribution < -0.4 is 11.3 Å². The first-order valence-electron chi connectivity index (χ1n) is 5.92.